The van der Waals surface area contributed by atoms with Gasteiger partial charge in [0.15, 0.2) is 0 Å². The van der Waals surface area contributed by atoms with Crippen molar-refractivity contribution in [3.05, 3.63) is 51.9 Å². The average Bonchev–Trinajstić information content (AvgIpc) is 2.38. The van der Waals surface area contributed by atoms with Gasteiger partial charge in [0.1, 0.15) is 16.8 Å². The van der Waals surface area contributed by atoms with Crippen molar-refractivity contribution in [2.24, 2.45) is 0 Å². The molecular weight excluding hydrogens is 281 g/mol. The van der Waals surface area contributed by atoms with Gasteiger partial charge in [0, 0.05) is 31.1 Å². The van der Waals surface area contributed by atoms with Gasteiger partial charge >= 0.3 is 0 Å². The van der Waals surface area contributed by atoms with Crippen molar-refractivity contribution in [1.82, 2.24) is 9.97 Å². The average molecular weight is 296 g/mol. The maximum absolute atomic E-state index is 6.00. The Morgan fingerprint density at radius 3 is 2.63 bits per heavy atom. The van der Waals surface area contributed by atoms with Gasteiger partial charge in [0.2, 0.25) is 0 Å². The molecule has 0 saturated heterocycles. The molecule has 1 heterocycles. The third-order valence-corrected chi connectivity index (χ3v) is 3.17. The van der Waals surface area contributed by atoms with Crippen molar-refractivity contribution in [3.8, 4) is 0 Å². The molecule has 0 amide bonds. The summed E-state index contributed by atoms with van der Waals surface area (Å²) in [5, 5.41) is 1.21. The second kappa shape index (κ2) is 6.22. The summed E-state index contributed by atoms with van der Waals surface area (Å²) in [7, 11) is 1.97. The standard InChI is InChI=1S/C14H15Cl2N3/c1-3-13-17-12(16)8-14(18-13)19(2)9-10-5-4-6-11(15)7-10/h4-8H,3,9H2,1-2H3. The second-order valence-corrected chi connectivity index (χ2v) is 5.13. The fourth-order valence-electron chi connectivity index (χ4n) is 1.80. The molecule has 0 spiro atoms. The monoisotopic (exact) mass is 295 g/mol. The molecule has 0 radical (unpaired) electrons. The highest BCUT2D eigenvalue weighted by Gasteiger charge is 2.07. The highest BCUT2D eigenvalue weighted by atomic mass is 35.5. The Bertz CT molecular complexity index is 572. The molecule has 0 unspecified atom stereocenters. The zero-order valence-electron chi connectivity index (χ0n) is 10.9. The number of benzene rings is 1. The Morgan fingerprint density at radius 1 is 1.16 bits per heavy atom. The van der Waals surface area contributed by atoms with Crippen molar-refractivity contribution in [2.45, 2.75) is 19.9 Å². The summed E-state index contributed by atoms with van der Waals surface area (Å²) in [6.07, 6.45) is 0.762. The van der Waals surface area contributed by atoms with E-state index in [0.29, 0.717) is 5.15 Å². The van der Waals surface area contributed by atoms with Crippen LogP contribution in [0, 0.1) is 0 Å². The molecule has 19 heavy (non-hydrogen) atoms. The Morgan fingerprint density at radius 2 is 1.95 bits per heavy atom. The normalized spacial score (nSPS) is 10.5. The summed E-state index contributed by atoms with van der Waals surface area (Å²) in [5.41, 5.74) is 1.13. The fourth-order valence-corrected chi connectivity index (χ4v) is 2.20. The van der Waals surface area contributed by atoms with E-state index < -0.39 is 0 Å². The molecule has 0 fully saturated rings. The minimum atomic E-state index is 0.472. The van der Waals surface area contributed by atoms with Gasteiger partial charge in [-0.2, -0.15) is 0 Å². The number of aromatic nitrogens is 2. The van der Waals surface area contributed by atoms with E-state index in [9.17, 15) is 0 Å². The van der Waals surface area contributed by atoms with Gasteiger partial charge in [-0.25, -0.2) is 9.97 Å². The molecular formula is C14H15Cl2N3. The van der Waals surface area contributed by atoms with Gasteiger partial charge < -0.3 is 4.90 Å². The van der Waals surface area contributed by atoms with Crippen LogP contribution in [-0.4, -0.2) is 17.0 Å². The summed E-state index contributed by atoms with van der Waals surface area (Å²) >= 11 is 12.0. The van der Waals surface area contributed by atoms with Crippen molar-refractivity contribution < 1.29 is 0 Å². The molecule has 3 nitrogen and oxygen atoms in total. The van der Waals surface area contributed by atoms with Crippen LogP contribution in [0.1, 0.15) is 18.3 Å². The van der Waals surface area contributed by atoms with Gasteiger partial charge in [-0.3, -0.25) is 0 Å². The minimum Gasteiger partial charge on any atom is -0.355 e. The molecule has 5 heteroatoms. The SMILES string of the molecule is CCc1nc(Cl)cc(N(C)Cc2cccc(Cl)c2)n1. The van der Waals surface area contributed by atoms with E-state index in [1.165, 1.54) is 0 Å². The van der Waals surface area contributed by atoms with Crippen LogP contribution in [0.15, 0.2) is 30.3 Å². The van der Waals surface area contributed by atoms with Crippen LogP contribution in [0.3, 0.4) is 0 Å². The van der Waals surface area contributed by atoms with Crippen molar-refractivity contribution in [1.29, 1.82) is 0 Å². The summed E-state index contributed by atoms with van der Waals surface area (Å²) in [5.74, 6) is 1.57. The summed E-state index contributed by atoms with van der Waals surface area (Å²) in [6, 6.07) is 9.55. The van der Waals surface area contributed by atoms with E-state index >= 15 is 0 Å². The first kappa shape index (κ1) is 14.1. The van der Waals surface area contributed by atoms with Crippen molar-refractivity contribution >= 4 is 29.0 Å². The predicted octanol–water partition coefficient (Wildman–Crippen LogP) is 3.98. The van der Waals surface area contributed by atoms with Crippen molar-refractivity contribution in [2.75, 3.05) is 11.9 Å². The van der Waals surface area contributed by atoms with Crippen LogP contribution in [0.4, 0.5) is 5.82 Å². The quantitative estimate of drug-likeness (QED) is 0.799. The van der Waals surface area contributed by atoms with Crippen LogP contribution >= 0.6 is 23.2 Å². The molecule has 1 aromatic heterocycles. The Balaban J connectivity index is 2.20. The highest BCUT2D eigenvalue weighted by Crippen LogP contribution is 2.18. The molecule has 0 N–H and O–H groups in total. The number of hydrogen-bond acceptors (Lipinski definition) is 3. The third kappa shape index (κ3) is 3.82. The molecule has 0 aliphatic carbocycles. The summed E-state index contributed by atoms with van der Waals surface area (Å²) < 4.78 is 0. The Hall–Kier alpha value is -1.32. The number of anilines is 1. The maximum Gasteiger partial charge on any atom is 0.134 e. The first-order chi connectivity index (χ1) is 9.08. The van der Waals surface area contributed by atoms with Crippen LogP contribution in [-0.2, 0) is 13.0 Å². The summed E-state index contributed by atoms with van der Waals surface area (Å²) in [4.78, 5) is 10.7. The molecule has 2 rings (SSSR count). The lowest BCUT2D eigenvalue weighted by atomic mass is 10.2. The van der Waals surface area contributed by atoms with E-state index in [-0.39, 0.29) is 0 Å². The van der Waals surface area contributed by atoms with E-state index in [4.69, 9.17) is 23.2 Å². The van der Waals surface area contributed by atoms with Crippen LogP contribution in [0.25, 0.3) is 0 Å². The second-order valence-electron chi connectivity index (χ2n) is 4.30. The lowest BCUT2D eigenvalue weighted by molar-refractivity contribution is 0.859. The smallest absolute Gasteiger partial charge is 0.134 e. The number of hydrogen-bond donors (Lipinski definition) is 0. The Labute approximate surface area is 123 Å². The van der Waals surface area contributed by atoms with E-state index in [1.807, 2.05) is 43.1 Å². The number of aryl methyl sites for hydroxylation is 1. The molecule has 1 aromatic carbocycles. The molecule has 0 saturated carbocycles. The topological polar surface area (TPSA) is 29.0 Å². The van der Waals surface area contributed by atoms with Gasteiger partial charge in [0.05, 0.1) is 0 Å². The first-order valence-electron chi connectivity index (χ1n) is 6.07. The molecule has 2 aromatic rings. The lowest BCUT2D eigenvalue weighted by Crippen LogP contribution is -2.18. The van der Waals surface area contributed by atoms with Gasteiger partial charge in [-0.05, 0) is 17.7 Å². The zero-order chi connectivity index (χ0) is 13.8. The van der Waals surface area contributed by atoms with Crippen LogP contribution in [0.5, 0.6) is 0 Å². The fraction of sp³-hybridized carbons (Fsp3) is 0.286. The number of rotatable bonds is 4. The molecule has 0 atom stereocenters. The lowest BCUT2D eigenvalue weighted by Gasteiger charge is -2.19. The molecule has 0 bridgehead atoms. The molecule has 100 valence electrons. The maximum atomic E-state index is 6.00. The van der Waals surface area contributed by atoms with Gasteiger partial charge in [-0.15, -0.1) is 0 Å². The largest absolute Gasteiger partial charge is 0.355 e. The van der Waals surface area contributed by atoms with Gasteiger partial charge in [0.25, 0.3) is 0 Å². The van der Waals surface area contributed by atoms with Crippen molar-refractivity contribution in [3.63, 3.8) is 0 Å². The van der Waals surface area contributed by atoms with Gasteiger partial charge in [-0.1, -0.05) is 42.3 Å². The van der Waals surface area contributed by atoms with Crippen LogP contribution < -0.4 is 4.90 Å². The van der Waals surface area contributed by atoms with E-state index in [0.717, 1.165) is 35.2 Å². The Kier molecular flexibility index (Phi) is 4.61. The molecule has 0 aliphatic rings. The number of halogens is 2. The first-order valence-corrected chi connectivity index (χ1v) is 6.83. The summed E-state index contributed by atoms with van der Waals surface area (Å²) in [6.45, 7) is 2.73. The van der Waals surface area contributed by atoms with E-state index in [2.05, 4.69) is 9.97 Å². The van der Waals surface area contributed by atoms with E-state index in [1.54, 1.807) is 6.07 Å². The third-order valence-electron chi connectivity index (χ3n) is 2.74. The predicted molar refractivity (Wildman–Crippen MR) is 80.0 cm³/mol. The minimum absolute atomic E-state index is 0.472. The number of nitrogens with zero attached hydrogens (tertiary/aromatic N) is 3. The molecule has 0 aliphatic heterocycles. The highest BCUT2D eigenvalue weighted by molar-refractivity contribution is 6.30. The zero-order valence-corrected chi connectivity index (χ0v) is 12.4. The van der Waals surface area contributed by atoms with Crippen LogP contribution in [0.2, 0.25) is 10.2 Å².